The lowest BCUT2D eigenvalue weighted by molar-refractivity contribution is -0.140. The number of rotatable bonds is 2. The first-order valence-corrected chi connectivity index (χ1v) is 5.98. The maximum absolute atomic E-state index is 11.3. The lowest BCUT2D eigenvalue weighted by atomic mass is 9.98. The number of anilines is 1. The SMILES string of the molecule is COC(=O)CC1CN(C)c2ccc(Br)cc21. The Balaban J connectivity index is 2.27. The molecule has 0 radical (unpaired) electrons. The van der Waals surface area contributed by atoms with Crippen molar-refractivity contribution in [2.24, 2.45) is 0 Å². The van der Waals surface area contributed by atoms with Crippen molar-refractivity contribution in [3.05, 3.63) is 28.2 Å². The van der Waals surface area contributed by atoms with Gasteiger partial charge in [0, 0.05) is 29.7 Å². The van der Waals surface area contributed by atoms with Crippen LogP contribution < -0.4 is 4.90 Å². The van der Waals surface area contributed by atoms with Crippen LogP contribution in [0.1, 0.15) is 17.9 Å². The van der Waals surface area contributed by atoms with Gasteiger partial charge in [0.25, 0.3) is 0 Å². The molecule has 0 aliphatic carbocycles. The highest BCUT2D eigenvalue weighted by Crippen LogP contribution is 2.38. The summed E-state index contributed by atoms with van der Waals surface area (Å²) < 4.78 is 5.78. The minimum atomic E-state index is -0.147. The molecule has 0 saturated heterocycles. The Bertz CT molecular complexity index is 419. The quantitative estimate of drug-likeness (QED) is 0.782. The summed E-state index contributed by atoms with van der Waals surface area (Å²) in [4.78, 5) is 13.5. The van der Waals surface area contributed by atoms with Gasteiger partial charge in [-0.3, -0.25) is 4.79 Å². The number of carbonyl (C=O) groups is 1. The van der Waals surface area contributed by atoms with Crippen LogP contribution >= 0.6 is 15.9 Å². The zero-order valence-electron chi connectivity index (χ0n) is 9.37. The number of ether oxygens (including phenoxy) is 1. The van der Waals surface area contributed by atoms with Crippen LogP contribution in [0.5, 0.6) is 0 Å². The molecule has 1 aromatic rings. The van der Waals surface area contributed by atoms with E-state index in [-0.39, 0.29) is 11.9 Å². The van der Waals surface area contributed by atoms with E-state index in [1.165, 1.54) is 18.4 Å². The van der Waals surface area contributed by atoms with Crippen LogP contribution in [0, 0.1) is 0 Å². The fourth-order valence-electron chi connectivity index (χ4n) is 2.19. The minimum absolute atomic E-state index is 0.147. The van der Waals surface area contributed by atoms with Crippen LogP contribution in [0.4, 0.5) is 5.69 Å². The van der Waals surface area contributed by atoms with Gasteiger partial charge in [-0.2, -0.15) is 0 Å². The molecular weight excluding hydrogens is 270 g/mol. The van der Waals surface area contributed by atoms with Crippen molar-refractivity contribution in [1.29, 1.82) is 0 Å². The highest BCUT2D eigenvalue weighted by Gasteiger charge is 2.28. The van der Waals surface area contributed by atoms with Crippen LogP contribution in [0.2, 0.25) is 0 Å². The van der Waals surface area contributed by atoms with Crippen molar-refractivity contribution in [1.82, 2.24) is 0 Å². The molecule has 1 unspecified atom stereocenters. The fourth-order valence-corrected chi connectivity index (χ4v) is 2.57. The molecule has 0 fully saturated rings. The average molecular weight is 284 g/mol. The van der Waals surface area contributed by atoms with E-state index in [4.69, 9.17) is 4.74 Å². The molecule has 0 aromatic heterocycles. The molecule has 1 heterocycles. The number of methoxy groups -OCH3 is 1. The Morgan fingerprint density at radius 2 is 2.38 bits per heavy atom. The van der Waals surface area contributed by atoms with E-state index in [0.717, 1.165) is 11.0 Å². The summed E-state index contributed by atoms with van der Waals surface area (Å²) in [5.74, 6) is 0.0937. The summed E-state index contributed by atoms with van der Waals surface area (Å²) >= 11 is 3.46. The Morgan fingerprint density at radius 1 is 1.62 bits per heavy atom. The largest absolute Gasteiger partial charge is 0.469 e. The molecule has 1 aromatic carbocycles. The van der Waals surface area contributed by atoms with Crippen molar-refractivity contribution < 1.29 is 9.53 Å². The molecule has 1 aliphatic heterocycles. The first kappa shape index (κ1) is 11.5. The Hall–Kier alpha value is -1.03. The van der Waals surface area contributed by atoms with E-state index < -0.39 is 0 Å². The maximum atomic E-state index is 11.3. The second-order valence-electron chi connectivity index (χ2n) is 4.06. The van der Waals surface area contributed by atoms with Gasteiger partial charge in [-0.15, -0.1) is 0 Å². The topological polar surface area (TPSA) is 29.5 Å². The molecule has 1 aliphatic rings. The van der Waals surface area contributed by atoms with Crippen molar-refractivity contribution in [2.45, 2.75) is 12.3 Å². The van der Waals surface area contributed by atoms with Crippen LogP contribution in [0.15, 0.2) is 22.7 Å². The van der Waals surface area contributed by atoms with Gasteiger partial charge < -0.3 is 9.64 Å². The van der Waals surface area contributed by atoms with Gasteiger partial charge in [0.05, 0.1) is 13.5 Å². The van der Waals surface area contributed by atoms with Gasteiger partial charge in [0.1, 0.15) is 0 Å². The molecule has 4 heteroatoms. The molecule has 0 spiro atoms. The number of carbonyl (C=O) groups excluding carboxylic acids is 1. The lowest BCUT2D eigenvalue weighted by Crippen LogP contribution is -2.17. The lowest BCUT2D eigenvalue weighted by Gasteiger charge is -2.11. The Labute approximate surface area is 104 Å². The zero-order valence-corrected chi connectivity index (χ0v) is 11.0. The van der Waals surface area contributed by atoms with Crippen LogP contribution in [-0.2, 0) is 9.53 Å². The minimum Gasteiger partial charge on any atom is -0.469 e. The molecular formula is C12H14BrNO2. The standard InChI is InChI=1S/C12H14BrNO2/c1-14-7-8(5-12(15)16-2)10-6-9(13)3-4-11(10)14/h3-4,6,8H,5,7H2,1-2H3. The molecule has 0 amide bonds. The number of nitrogens with zero attached hydrogens (tertiary/aromatic N) is 1. The number of likely N-dealkylation sites (N-methyl/N-ethyl adjacent to an activating group) is 1. The molecule has 1 atom stereocenters. The summed E-state index contributed by atoms with van der Waals surface area (Å²) in [6.07, 6.45) is 0.449. The van der Waals surface area contributed by atoms with Crippen LogP contribution in [0.3, 0.4) is 0 Å². The summed E-state index contributed by atoms with van der Waals surface area (Å²) in [5, 5.41) is 0. The summed E-state index contributed by atoms with van der Waals surface area (Å²) in [6.45, 7) is 0.876. The number of halogens is 1. The van der Waals surface area contributed by atoms with Gasteiger partial charge in [-0.1, -0.05) is 15.9 Å². The van der Waals surface area contributed by atoms with Gasteiger partial charge >= 0.3 is 5.97 Å². The first-order valence-electron chi connectivity index (χ1n) is 5.19. The van der Waals surface area contributed by atoms with E-state index in [9.17, 15) is 4.79 Å². The molecule has 0 N–H and O–H groups in total. The average Bonchev–Trinajstić information content (AvgIpc) is 2.55. The summed E-state index contributed by atoms with van der Waals surface area (Å²) in [6, 6.07) is 6.19. The maximum Gasteiger partial charge on any atom is 0.306 e. The highest BCUT2D eigenvalue weighted by atomic mass is 79.9. The van der Waals surface area contributed by atoms with Crippen molar-refractivity contribution in [3.8, 4) is 0 Å². The van der Waals surface area contributed by atoms with Gasteiger partial charge in [0.15, 0.2) is 0 Å². The van der Waals surface area contributed by atoms with Crippen molar-refractivity contribution in [3.63, 3.8) is 0 Å². The number of hydrogen-bond acceptors (Lipinski definition) is 3. The van der Waals surface area contributed by atoms with Gasteiger partial charge in [-0.05, 0) is 23.8 Å². The number of benzene rings is 1. The number of hydrogen-bond donors (Lipinski definition) is 0. The van der Waals surface area contributed by atoms with E-state index >= 15 is 0 Å². The van der Waals surface area contributed by atoms with Crippen LogP contribution in [0.25, 0.3) is 0 Å². The van der Waals surface area contributed by atoms with Crippen molar-refractivity contribution >= 4 is 27.6 Å². The highest BCUT2D eigenvalue weighted by molar-refractivity contribution is 9.10. The fraction of sp³-hybridized carbons (Fsp3) is 0.417. The first-order chi connectivity index (χ1) is 7.61. The van der Waals surface area contributed by atoms with E-state index in [0.29, 0.717) is 6.42 Å². The van der Waals surface area contributed by atoms with E-state index in [2.05, 4.69) is 33.0 Å². The predicted molar refractivity (Wildman–Crippen MR) is 66.8 cm³/mol. The second kappa shape index (κ2) is 4.45. The van der Waals surface area contributed by atoms with E-state index in [1.807, 2.05) is 13.1 Å². The third kappa shape index (κ3) is 2.07. The normalized spacial score (nSPS) is 18.4. The van der Waals surface area contributed by atoms with E-state index in [1.54, 1.807) is 0 Å². The zero-order chi connectivity index (χ0) is 11.7. The van der Waals surface area contributed by atoms with Gasteiger partial charge in [0.2, 0.25) is 0 Å². The Kier molecular flexibility index (Phi) is 3.19. The number of esters is 1. The molecule has 2 rings (SSSR count). The molecule has 16 heavy (non-hydrogen) atoms. The third-order valence-corrected chi connectivity index (χ3v) is 3.47. The molecule has 3 nitrogen and oxygen atoms in total. The van der Waals surface area contributed by atoms with Gasteiger partial charge in [-0.25, -0.2) is 0 Å². The smallest absolute Gasteiger partial charge is 0.306 e. The Morgan fingerprint density at radius 3 is 3.06 bits per heavy atom. The summed E-state index contributed by atoms with van der Waals surface area (Å²) in [7, 11) is 3.48. The second-order valence-corrected chi connectivity index (χ2v) is 4.98. The molecule has 0 saturated carbocycles. The van der Waals surface area contributed by atoms with Crippen molar-refractivity contribution in [2.75, 3.05) is 25.6 Å². The third-order valence-electron chi connectivity index (χ3n) is 2.98. The molecule has 86 valence electrons. The van der Waals surface area contributed by atoms with Crippen LogP contribution in [-0.4, -0.2) is 26.7 Å². The molecule has 0 bridgehead atoms. The monoisotopic (exact) mass is 283 g/mol. The number of fused-ring (bicyclic) bond motifs is 1. The summed E-state index contributed by atoms with van der Waals surface area (Å²) in [5.41, 5.74) is 2.43. The predicted octanol–water partition coefficient (Wildman–Crippen LogP) is 2.55.